The number of aryl methyl sites for hydroxylation is 1. The van der Waals surface area contributed by atoms with Crippen molar-refractivity contribution in [2.45, 2.75) is 39.8 Å². The van der Waals surface area contributed by atoms with Crippen LogP contribution in [0.25, 0.3) is 0 Å². The minimum absolute atomic E-state index is 0.0756. The van der Waals surface area contributed by atoms with Gasteiger partial charge in [-0.1, -0.05) is 11.6 Å². The molecule has 28 heavy (non-hydrogen) atoms. The van der Waals surface area contributed by atoms with Crippen molar-refractivity contribution in [3.8, 4) is 0 Å². The second-order valence-electron chi connectivity index (χ2n) is 7.46. The lowest BCUT2D eigenvalue weighted by atomic mass is 10.1. The normalized spacial score (nSPS) is 18.9. The van der Waals surface area contributed by atoms with E-state index in [1.165, 1.54) is 12.3 Å². The Kier molecular flexibility index (Phi) is 4.95. The van der Waals surface area contributed by atoms with Gasteiger partial charge in [-0.2, -0.15) is 0 Å². The summed E-state index contributed by atoms with van der Waals surface area (Å²) in [6.45, 7) is 6.00. The molecule has 0 radical (unpaired) electrons. The van der Waals surface area contributed by atoms with Crippen molar-refractivity contribution < 1.29 is 13.6 Å². The molecule has 2 aromatic rings. The highest BCUT2D eigenvalue weighted by Crippen LogP contribution is 2.33. The number of rotatable bonds is 3. The molecule has 0 aromatic carbocycles. The molecular formula is C20H21ClF2N4O. The number of nitrogens with zero attached hydrogens (tertiary/aromatic N) is 4. The van der Waals surface area contributed by atoms with E-state index in [1.54, 1.807) is 6.20 Å². The zero-order chi connectivity index (χ0) is 20.0. The van der Waals surface area contributed by atoms with Gasteiger partial charge in [0.15, 0.2) is 0 Å². The number of carbonyl (C=O) groups is 1. The highest BCUT2D eigenvalue weighted by Gasteiger charge is 2.35. The van der Waals surface area contributed by atoms with Crippen LogP contribution in [0.15, 0.2) is 18.5 Å². The molecule has 0 bridgehead atoms. The molecule has 1 amide bonds. The summed E-state index contributed by atoms with van der Waals surface area (Å²) in [7, 11) is 0. The van der Waals surface area contributed by atoms with Gasteiger partial charge in [-0.15, -0.1) is 0 Å². The molecule has 0 N–H and O–H groups in total. The summed E-state index contributed by atoms with van der Waals surface area (Å²) in [6.07, 6.45) is 0.886. The first kappa shape index (κ1) is 19.1. The third-order valence-electron chi connectivity index (χ3n) is 5.65. The zero-order valence-electron chi connectivity index (χ0n) is 15.8. The number of halogens is 3. The van der Waals surface area contributed by atoms with Crippen molar-refractivity contribution in [1.29, 1.82) is 0 Å². The van der Waals surface area contributed by atoms with Gasteiger partial charge in [0, 0.05) is 31.4 Å². The molecule has 0 aliphatic carbocycles. The van der Waals surface area contributed by atoms with Crippen LogP contribution in [0.2, 0.25) is 5.02 Å². The summed E-state index contributed by atoms with van der Waals surface area (Å²) < 4.78 is 25.9. The summed E-state index contributed by atoms with van der Waals surface area (Å²) >= 11 is 6.31. The molecule has 5 nitrogen and oxygen atoms in total. The second kappa shape index (κ2) is 7.28. The van der Waals surface area contributed by atoms with Gasteiger partial charge in [-0.05, 0) is 37.5 Å². The minimum atomic E-state index is -2.55. The largest absolute Gasteiger partial charge is 0.369 e. The predicted molar refractivity (Wildman–Crippen MR) is 102 cm³/mol. The third kappa shape index (κ3) is 3.32. The fourth-order valence-electron chi connectivity index (χ4n) is 4.06. The quantitative estimate of drug-likeness (QED) is 0.771. The Balaban J connectivity index is 1.46. The molecule has 0 saturated carbocycles. The van der Waals surface area contributed by atoms with Crippen LogP contribution in [-0.2, 0) is 17.9 Å². The summed E-state index contributed by atoms with van der Waals surface area (Å²) in [5, 5.41) is 0.659. The summed E-state index contributed by atoms with van der Waals surface area (Å²) in [6, 6.07) is 1.45. The smallest absolute Gasteiger partial charge is 0.265 e. The van der Waals surface area contributed by atoms with Crippen molar-refractivity contribution in [3.63, 3.8) is 0 Å². The summed E-state index contributed by atoms with van der Waals surface area (Å²) in [4.78, 5) is 25.3. The maximum Gasteiger partial charge on any atom is 0.265 e. The van der Waals surface area contributed by atoms with E-state index >= 15 is 0 Å². The van der Waals surface area contributed by atoms with Gasteiger partial charge >= 0.3 is 0 Å². The number of fused-ring (bicyclic) bond motifs is 1. The van der Waals surface area contributed by atoms with Gasteiger partial charge in [-0.25, -0.2) is 8.78 Å². The summed E-state index contributed by atoms with van der Waals surface area (Å²) in [5.41, 5.74) is 4.26. The molecule has 4 heterocycles. The Morgan fingerprint density at radius 2 is 2.07 bits per heavy atom. The van der Waals surface area contributed by atoms with E-state index in [1.807, 2.05) is 23.6 Å². The predicted octanol–water partition coefficient (Wildman–Crippen LogP) is 4.05. The number of hydrogen-bond donors (Lipinski definition) is 0. The number of alkyl halides is 2. The topological polar surface area (TPSA) is 49.3 Å². The minimum Gasteiger partial charge on any atom is -0.369 e. The van der Waals surface area contributed by atoms with E-state index in [4.69, 9.17) is 11.6 Å². The third-order valence-corrected chi connectivity index (χ3v) is 6.21. The van der Waals surface area contributed by atoms with Gasteiger partial charge in [0.05, 0.1) is 40.8 Å². The van der Waals surface area contributed by atoms with E-state index in [2.05, 4.69) is 9.97 Å². The van der Waals surface area contributed by atoms with Crippen molar-refractivity contribution in [2.75, 3.05) is 18.0 Å². The van der Waals surface area contributed by atoms with E-state index in [0.717, 1.165) is 22.5 Å². The highest BCUT2D eigenvalue weighted by atomic mass is 35.5. The van der Waals surface area contributed by atoms with Crippen LogP contribution in [0.1, 0.15) is 40.9 Å². The average molecular weight is 407 g/mol. The van der Waals surface area contributed by atoms with Crippen LogP contribution in [0.4, 0.5) is 14.5 Å². The lowest BCUT2D eigenvalue weighted by Gasteiger charge is -2.21. The SMILES string of the molecule is Cc1nc2c(c(C)c1Cl)CN(C(=O)C1CCN(c3cncc(C(F)F)c3)C1)C2. The molecule has 2 aliphatic rings. The highest BCUT2D eigenvalue weighted by molar-refractivity contribution is 6.32. The maximum absolute atomic E-state index is 13.1. The lowest BCUT2D eigenvalue weighted by Crippen LogP contribution is -2.34. The molecule has 8 heteroatoms. The first-order valence-corrected chi connectivity index (χ1v) is 9.64. The Labute approximate surface area is 167 Å². The van der Waals surface area contributed by atoms with Crippen LogP contribution in [0, 0.1) is 19.8 Å². The number of pyridine rings is 2. The molecule has 4 rings (SSSR count). The Hall–Kier alpha value is -2.28. The van der Waals surface area contributed by atoms with Gasteiger partial charge < -0.3 is 9.80 Å². The molecule has 1 fully saturated rings. The maximum atomic E-state index is 13.1. The van der Waals surface area contributed by atoms with Crippen LogP contribution in [0.3, 0.4) is 0 Å². The van der Waals surface area contributed by atoms with Gasteiger partial charge in [-0.3, -0.25) is 14.8 Å². The first-order valence-electron chi connectivity index (χ1n) is 9.26. The molecule has 2 aromatic heterocycles. The fraction of sp³-hybridized carbons (Fsp3) is 0.450. The molecule has 2 aliphatic heterocycles. The monoisotopic (exact) mass is 406 g/mol. The second-order valence-corrected chi connectivity index (χ2v) is 7.84. The molecule has 1 unspecified atom stereocenters. The number of amides is 1. The number of aromatic nitrogens is 2. The Bertz CT molecular complexity index is 937. The zero-order valence-corrected chi connectivity index (χ0v) is 16.5. The number of carbonyl (C=O) groups excluding carboxylic acids is 1. The lowest BCUT2D eigenvalue weighted by molar-refractivity contribution is -0.135. The van der Waals surface area contributed by atoms with E-state index in [9.17, 15) is 13.6 Å². The molecule has 148 valence electrons. The number of anilines is 1. The van der Waals surface area contributed by atoms with Crippen molar-refractivity contribution >= 4 is 23.2 Å². The van der Waals surface area contributed by atoms with Crippen LogP contribution in [-0.4, -0.2) is 33.9 Å². The van der Waals surface area contributed by atoms with Crippen molar-refractivity contribution in [3.05, 3.63) is 51.6 Å². The fourth-order valence-corrected chi connectivity index (χ4v) is 4.21. The van der Waals surface area contributed by atoms with Gasteiger partial charge in [0.25, 0.3) is 6.43 Å². The van der Waals surface area contributed by atoms with Crippen LogP contribution in [0.5, 0.6) is 0 Å². The molecular weight excluding hydrogens is 386 g/mol. The number of hydrogen-bond acceptors (Lipinski definition) is 4. The van der Waals surface area contributed by atoms with Crippen molar-refractivity contribution in [1.82, 2.24) is 14.9 Å². The molecule has 1 saturated heterocycles. The van der Waals surface area contributed by atoms with E-state index in [0.29, 0.717) is 43.3 Å². The standard InChI is InChI=1S/C20H21ClF2N4O/c1-11-16-9-27(10-17(16)25-12(2)18(11)21)20(28)13-3-4-26(8-13)15-5-14(19(22)23)6-24-7-15/h5-7,13,19H,3-4,8-10H2,1-2H3. The first-order chi connectivity index (χ1) is 13.3. The van der Waals surface area contributed by atoms with E-state index in [-0.39, 0.29) is 17.4 Å². The average Bonchev–Trinajstić information content (AvgIpc) is 3.33. The van der Waals surface area contributed by atoms with Gasteiger partial charge in [0.1, 0.15) is 0 Å². The van der Waals surface area contributed by atoms with Crippen LogP contribution >= 0.6 is 11.6 Å². The van der Waals surface area contributed by atoms with Crippen LogP contribution < -0.4 is 4.90 Å². The molecule has 1 atom stereocenters. The van der Waals surface area contributed by atoms with E-state index < -0.39 is 6.43 Å². The van der Waals surface area contributed by atoms with Gasteiger partial charge in [0.2, 0.25) is 5.91 Å². The van der Waals surface area contributed by atoms with Crippen molar-refractivity contribution in [2.24, 2.45) is 5.92 Å². The summed E-state index contributed by atoms with van der Waals surface area (Å²) in [5.74, 6) is -0.0898. The molecule has 0 spiro atoms. The Morgan fingerprint density at radius 1 is 1.29 bits per heavy atom. The Morgan fingerprint density at radius 3 is 2.82 bits per heavy atom.